The summed E-state index contributed by atoms with van der Waals surface area (Å²) in [5, 5.41) is 14.1. The molecule has 1 aromatic heterocycles. The highest BCUT2D eigenvalue weighted by molar-refractivity contribution is 5.18. The van der Waals surface area contributed by atoms with Gasteiger partial charge in [-0.15, -0.1) is 0 Å². The first kappa shape index (κ1) is 12.6. The van der Waals surface area contributed by atoms with E-state index in [0.29, 0.717) is 24.4 Å². The largest absolute Gasteiger partial charge is 0.433 e. The van der Waals surface area contributed by atoms with Crippen LogP contribution in [0.3, 0.4) is 0 Å². The number of hydrogen-bond acceptors (Lipinski definition) is 5. The second-order valence-electron chi connectivity index (χ2n) is 5.45. The van der Waals surface area contributed by atoms with E-state index in [-0.39, 0.29) is 5.88 Å². The van der Waals surface area contributed by atoms with E-state index < -0.39 is 4.92 Å². The van der Waals surface area contributed by atoms with Crippen molar-refractivity contribution in [2.24, 2.45) is 0 Å². The van der Waals surface area contributed by atoms with E-state index in [2.05, 4.69) is 10.2 Å². The molecule has 0 bridgehead atoms. The van der Waals surface area contributed by atoms with E-state index in [4.69, 9.17) is 4.42 Å². The number of nitrogens with one attached hydrogen (secondary N) is 1. The fourth-order valence-electron chi connectivity index (χ4n) is 2.73. The topological polar surface area (TPSA) is 71.6 Å². The van der Waals surface area contributed by atoms with Gasteiger partial charge >= 0.3 is 5.88 Å². The molecule has 104 valence electrons. The van der Waals surface area contributed by atoms with Crippen LogP contribution in [-0.4, -0.2) is 35.0 Å². The van der Waals surface area contributed by atoms with Crippen molar-refractivity contribution in [3.05, 3.63) is 28.0 Å². The second-order valence-corrected chi connectivity index (χ2v) is 5.45. The Morgan fingerprint density at radius 2 is 2.26 bits per heavy atom. The van der Waals surface area contributed by atoms with Crippen molar-refractivity contribution >= 4 is 5.88 Å². The Morgan fingerprint density at radius 1 is 1.42 bits per heavy atom. The predicted octanol–water partition coefficient (Wildman–Crippen LogP) is 1.90. The zero-order valence-corrected chi connectivity index (χ0v) is 10.9. The van der Waals surface area contributed by atoms with Gasteiger partial charge in [-0.1, -0.05) is 0 Å². The third kappa shape index (κ3) is 3.13. The van der Waals surface area contributed by atoms with E-state index in [1.54, 1.807) is 6.07 Å². The van der Waals surface area contributed by atoms with Crippen LogP contribution < -0.4 is 5.32 Å². The summed E-state index contributed by atoms with van der Waals surface area (Å²) < 4.78 is 5.26. The monoisotopic (exact) mass is 265 g/mol. The maximum Gasteiger partial charge on any atom is 0.433 e. The molecule has 1 saturated heterocycles. The van der Waals surface area contributed by atoms with Crippen molar-refractivity contribution in [1.29, 1.82) is 0 Å². The molecular weight excluding hydrogens is 246 g/mol. The fourth-order valence-corrected chi connectivity index (χ4v) is 2.73. The lowest BCUT2D eigenvalue weighted by molar-refractivity contribution is -0.402. The standard InChI is InChI=1S/C13H19N3O3/c17-16(18)13-6-5-12(19-13)9-15(11-3-4-11)8-10-2-1-7-14-10/h5-6,10-11,14H,1-4,7-9H2. The fraction of sp³-hybridized carbons (Fsp3) is 0.692. The molecule has 1 N–H and O–H groups in total. The Labute approximate surface area is 111 Å². The molecular formula is C13H19N3O3. The Morgan fingerprint density at radius 3 is 2.84 bits per heavy atom. The molecule has 1 aliphatic carbocycles. The number of hydrogen-bond donors (Lipinski definition) is 1. The van der Waals surface area contributed by atoms with Crippen molar-refractivity contribution in [3.8, 4) is 0 Å². The molecule has 1 atom stereocenters. The minimum atomic E-state index is -0.483. The van der Waals surface area contributed by atoms with Gasteiger partial charge in [0.1, 0.15) is 10.7 Å². The smallest absolute Gasteiger partial charge is 0.404 e. The summed E-state index contributed by atoms with van der Waals surface area (Å²) >= 11 is 0. The van der Waals surface area contributed by atoms with Crippen LogP contribution in [0.25, 0.3) is 0 Å². The molecule has 0 aromatic carbocycles. The lowest BCUT2D eigenvalue weighted by atomic mass is 10.2. The molecule has 19 heavy (non-hydrogen) atoms. The zero-order chi connectivity index (χ0) is 13.2. The van der Waals surface area contributed by atoms with Gasteiger partial charge in [-0.3, -0.25) is 15.0 Å². The highest BCUT2D eigenvalue weighted by Crippen LogP contribution is 2.30. The first-order chi connectivity index (χ1) is 9.22. The van der Waals surface area contributed by atoms with Crippen LogP contribution in [0.15, 0.2) is 16.5 Å². The summed E-state index contributed by atoms with van der Waals surface area (Å²) in [6.07, 6.45) is 4.93. The van der Waals surface area contributed by atoms with Crippen LogP contribution in [0.4, 0.5) is 5.88 Å². The average Bonchev–Trinajstić information content (AvgIpc) is 2.90. The van der Waals surface area contributed by atoms with Gasteiger partial charge in [-0.2, -0.15) is 0 Å². The van der Waals surface area contributed by atoms with E-state index in [0.717, 1.165) is 13.1 Å². The van der Waals surface area contributed by atoms with Gasteiger partial charge in [-0.25, -0.2) is 0 Å². The van der Waals surface area contributed by atoms with Crippen molar-refractivity contribution in [1.82, 2.24) is 10.2 Å². The highest BCUT2D eigenvalue weighted by atomic mass is 16.6. The third-order valence-electron chi connectivity index (χ3n) is 3.87. The van der Waals surface area contributed by atoms with Crippen molar-refractivity contribution in [2.75, 3.05) is 13.1 Å². The van der Waals surface area contributed by atoms with Gasteiger partial charge in [-0.05, 0) is 38.3 Å². The average molecular weight is 265 g/mol. The van der Waals surface area contributed by atoms with Gasteiger partial charge in [0.05, 0.1) is 12.6 Å². The Kier molecular flexibility index (Phi) is 3.52. The molecule has 3 rings (SSSR count). The molecule has 1 saturated carbocycles. The van der Waals surface area contributed by atoms with Gasteiger partial charge in [0.15, 0.2) is 0 Å². The quantitative estimate of drug-likeness (QED) is 0.628. The third-order valence-corrected chi connectivity index (χ3v) is 3.87. The van der Waals surface area contributed by atoms with E-state index in [1.165, 1.54) is 31.7 Å². The molecule has 0 spiro atoms. The summed E-state index contributed by atoms with van der Waals surface area (Å²) in [7, 11) is 0. The van der Waals surface area contributed by atoms with Crippen LogP contribution in [0.1, 0.15) is 31.4 Å². The van der Waals surface area contributed by atoms with Crippen molar-refractivity contribution in [3.63, 3.8) is 0 Å². The van der Waals surface area contributed by atoms with E-state index >= 15 is 0 Å². The molecule has 1 aromatic rings. The zero-order valence-electron chi connectivity index (χ0n) is 10.9. The van der Waals surface area contributed by atoms with Crippen LogP contribution in [-0.2, 0) is 6.54 Å². The second kappa shape index (κ2) is 5.30. The summed E-state index contributed by atoms with van der Waals surface area (Å²) in [6.45, 7) is 2.80. The summed E-state index contributed by atoms with van der Waals surface area (Å²) in [5.41, 5.74) is 0. The lowest BCUT2D eigenvalue weighted by Gasteiger charge is -2.24. The molecule has 1 unspecified atom stereocenters. The van der Waals surface area contributed by atoms with E-state index in [1.807, 2.05) is 0 Å². The molecule has 2 aliphatic rings. The van der Waals surface area contributed by atoms with Crippen molar-refractivity contribution in [2.45, 2.75) is 44.3 Å². The lowest BCUT2D eigenvalue weighted by Crippen LogP contribution is -2.38. The molecule has 0 radical (unpaired) electrons. The Bertz CT molecular complexity index is 450. The molecule has 2 heterocycles. The Balaban J connectivity index is 1.61. The Hall–Kier alpha value is -1.40. The first-order valence-electron chi connectivity index (χ1n) is 6.93. The van der Waals surface area contributed by atoms with Crippen LogP contribution in [0, 0.1) is 10.1 Å². The van der Waals surface area contributed by atoms with Gasteiger partial charge in [0.25, 0.3) is 0 Å². The number of nitrogens with zero attached hydrogens (tertiary/aromatic N) is 2. The minimum absolute atomic E-state index is 0.162. The molecule has 2 fully saturated rings. The van der Waals surface area contributed by atoms with Crippen LogP contribution in [0.2, 0.25) is 0 Å². The minimum Gasteiger partial charge on any atom is -0.404 e. The van der Waals surface area contributed by atoms with Gasteiger partial charge in [0, 0.05) is 18.6 Å². The number of nitro groups is 1. The van der Waals surface area contributed by atoms with E-state index in [9.17, 15) is 10.1 Å². The van der Waals surface area contributed by atoms with Crippen LogP contribution in [0.5, 0.6) is 0 Å². The SMILES string of the molecule is O=[N+]([O-])c1ccc(CN(CC2CCCN2)C2CC2)o1. The highest BCUT2D eigenvalue weighted by Gasteiger charge is 2.32. The maximum atomic E-state index is 10.6. The van der Waals surface area contributed by atoms with Gasteiger partial charge in [0.2, 0.25) is 0 Å². The van der Waals surface area contributed by atoms with Crippen LogP contribution >= 0.6 is 0 Å². The first-order valence-corrected chi connectivity index (χ1v) is 6.93. The number of rotatable bonds is 6. The normalized spacial score (nSPS) is 23.1. The maximum absolute atomic E-state index is 10.6. The van der Waals surface area contributed by atoms with Gasteiger partial charge < -0.3 is 9.73 Å². The molecule has 6 heteroatoms. The summed E-state index contributed by atoms with van der Waals surface area (Å²) in [6, 6.07) is 4.35. The van der Waals surface area contributed by atoms with Crippen molar-refractivity contribution < 1.29 is 9.34 Å². The molecule has 6 nitrogen and oxygen atoms in total. The summed E-state index contributed by atoms with van der Waals surface area (Å²) in [4.78, 5) is 12.5. The summed E-state index contributed by atoms with van der Waals surface area (Å²) in [5.74, 6) is 0.529. The number of furan rings is 1. The predicted molar refractivity (Wildman–Crippen MR) is 69.8 cm³/mol. The molecule has 1 aliphatic heterocycles. The molecule has 0 amide bonds.